The Hall–Kier alpha value is -3.27. The van der Waals surface area contributed by atoms with Gasteiger partial charge in [-0.05, 0) is 64.2 Å². The molecule has 2 unspecified atom stereocenters. The molecular weight excluding hydrogens is 1110 g/mol. The first-order valence-corrected chi connectivity index (χ1v) is 38.6. The predicted molar refractivity (Wildman–Crippen MR) is 385 cm³/mol. The Morgan fingerprint density at radius 2 is 0.633 bits per heavy atom. The number of nitrogens with zero attached hydrogens (tertiary/aromatic N) is 1. The van der Waals surface area contributed by atoms with Gasteiger partial charge in [-0.15, -0.1) is 0 Å². The third-order valence-corrected chi connectivity index (χ3v) is 17.2. The third-order valence-electron chi connectivity index (χ3n) is 17.2. The van der Waals surface area contributed by atoms with E-state index in [1.165, 1.54) is 257 Å². The molecule has 0 aromatic heterocycles. The molecule has 9 heteroatoms. The Morgan fingerprint density at radius 1 is 0.344 bits per heavy atom. The lowest BCUT2D eigenvalue weighted by Crippen LogP contribution is -2.44. The van der Waals surface area contributed by atoms with Crippen LogP contribution in [0.15, 0.2) is 72.9 Å². The van der Waals surface area contributed by atoms with E-state index in [9.17, 15) is 19.5 Å². The van der Waals surface area contributed by atoms with Crippen molar-refractivity contribution < 1.29 is 42.9 Å². The maximum Gasteiger partial charge on any atom is 0.306 e. The average Bonchev–Trinajstić information content (AvgIpc) is 3.63. The first-order chi connectivity index (χ1) is 44.1. The second kappa shape index (κ2) is 71.6. The zero-order valence-corrected chi connectivity index (χ0v) is 60.0. The number of carbonyl (C=O) groups excluding carboxylic acids is 3. The van der Waals surface area contributed by atoms with E-state index in [2.05, 4.69) is 86.8 Å². The van der Waals surface area contributed by atoms with Gasteiger partial charge in [-0.3, -0.25) is 9.59 Å². The highest BCUT2D eigenvalue weighted by Crippen LogP contribution is 2.19. The van der Waals surface area contributed by atoms with E-state index in [4.69, 9.17) is 18.9 Å². The van der Waals surface area contributed by atoms with Gasteiger partial charge in [0.1, 0.15) is 13.2 Å². The number of ether oxygens (including phenoxy) is 4. The molecule has 0 aromatic rings. The van der Waals surface area contributed by atoms with Gasteiger partial charge in [-0.1, -0.05) is 363 Å². The molecule has 0 bridgehead atoms. The lowest BCUT2D eigenvalue weighted by atomic mass is 10.0. The minimum absolute atomic E-state index is 0.147. The zero-order valence-electron chi connectivity index (χ0n) is 60.0. The molecule has 0 fully saturated rings. The number of hydrogen-bond donors (Lipinski definition) is 0. The van der Waals surface area contributed by atoms with Crippen LogP contribution in [0.4, 0.5) is 0 Å². The van der Waals surface area contributed by atoms with Crippen LogP contribution in [0.2, 0.25) is 0 Å². The van der Waals surface area contributed by atoms with E-state index in [1.807, 2.05) is 21.1 Å². The average molecular weight is 1260 g/mol. The van der Waals surface area contributed by atoms with E-state index in [-0.39, 0.29) is 32.2 Å². The molecule has 0 saturated carbocycles. The zero-order chi connectivity index (χ0) is 65.4. The minimum Gasteiger partial charge on any atom is -0.545 e. The molecule has 0 spiro atoms. The van der Waals surface area contributed by atoms with Crippen LogP contribution in [0.1, 0.15) is 367 Å². The molecule has 0 aliphatic carbocycles. The van der Waals surface area contributed by atoms with Crippen LogP contribution in [0.3, 0.4) is 0 Å². The maximum atomic E-state index is 13.0. The van der Waals surface area contributed by atoms with Crippen LogP contribution >= 0.6 is 0 Å². The van der Waals surface area contributed by atoms with E-state index in [0.29, 0.717) is 23.9 Å². The van der Waals surface area contributed by atoms with E-state index >= 15 is 0 Å². The first kappa shape index (κ1) is 86.7. The number of allylic oxidation sites excluding steroid dienone is 12. The van der Waals surface area contributed by atoms with Crippen molar-refractivity contribution in [1.82, 2.24) is 0 Å². The van der Waals surface area contributed by atoms with Crippen molar-refractivity contribution in [1.29, 1.82) is 0 Å². The number of unbranched alkanes of at least 4 members (excludes halogenated alkanes) is 45. The summed E-state index contributed by atoms with van der Waals surface area (Å²) >= 11 is 0. The smallest absolute Gasteiger partial charge is 0.306 e. The largest absolute Gasteiger partial charge is 0.545 e. The number of rotatable bonds is 72. The van der Waals surface area contributed by atoms with Gasteiger partial charge in [0.2, 0.25) is 0 Å². The molecule has 0 aliphatic rings. The van der Waals surface area contributed by atoms with E-state index in [0.717, 1.165) is 77.0 Å². The van der Waals surface area contributed by atoms with Crippen molar-refractivity contribution in [3.05, 3.63) is 72.9 Å². The molecule has 0 aromatic carbocycles. The lowest BCUT2D eigenvalue weighted by molar-refractivity contribution is -0.870. The molecular formula is C81H147NO8. The maximum absolute atomic E-state index is 13.0. The summed E-state index contributed by atoms with van der Waals surface area (Å²) < 4.78 is 22.9. The van der Waals surface area contributed by atoms with Crippen LogP contribution < -0.4 is 5.11 Å². The number of hydrogen-bond acceptors (Lipinski definition) is 8. The quantitative estimate of drug-likeness (QED) is 0.0195. The summed E-state index contributed by atoms with van der Waals surface area (Å²) in [6.45, 7) is 4.69. The van der Waals surface area contributed by atoms with Crippen LogP contribution in [-0.4, -0.2) is 82.3 Å². The van der Waals surface area contributed by atoms with Gasteiger partial charge in [0, 0.05) is 12.8 Å². The molecule has 0 saturated heterocycles. The fourth-order valence-electron chi connectivity index (χ4n) is 11.4. The van der Waals surface area contributed by atoms with Gasteiger partial charge < -0.3 is 33.3 Å². The number of carboxylic acid groups (broad SMARTS) is 1. The molecule has 524 valence electrons. The molecule has 9 nitrogen and oxygen atoms in total. The molecule has 0 rings (SSSR count). The van der Waals surface area contributed by atoms with Crippen LogP contribution in [0, 0.1) is 0 Å². The number of quaternary nitrogens is 1. The summed E-state index contributed by atoms with van der Waals surface area (Å²) in [5, 5.41) is 11.8. The number of aliphatic carboxylic acids is 1. The monoisotopic (exact) mass is 1260 g/mol. The van der Waals surface area contributed by atoms with E-state index < -0.39 is 24.3 Å². The van der Waals surface area contributed by atoms with Crippen molar-refractivity contribution in [2.45, 2.75) is 379 Å². The van der Waals surface area contributed by atoms with Crippen molar-refractivity contribution in [2.24, 2.45) is 0 Å². The van der Waals surface area contributed by atoms with Crippen molar-refractivity contribution in [2.75, 3.05) is 47.5 Å². The highest BCUT2D eigenvalue weighted by molar-refractivity contribution is 5.70. The molecule has 2 atom stereocenters. The number of esters is 2. The Labute approximate surface area is 557 Å². The molecule has 0 amide bonds. The van der Waals surface area contributed by atoms with Crippen molar-refractivity contribution in [3.63, 3.8) is 0 Å². The van der Waals surface area contributed by atoms with Gasteiger partial charge in [-0.2, -0.15) is 0 Å². The summed E-state index contributed by atoms with van der Waals surface area (Å²) in [5.74, 6) is -2.27. The Bertz CT molecular complexity index is 1710. The van der Waals surface area contributed by atoms with Crippen LogP contribution in [0.25, 0.3) is 0 Å². The molecule has 0 aliphatic heterocycles. The Balaban J connectivity index is 4.03. The number of carboxylic acids is 1. The van der Waals surface area contributed by atoms with E-state index in [1.54, 1.807) is 0 Å². The summed E-state index contributed by atoms with van der Waals surface area (Å²) in [6, 6.07) is 0. The molecule has 0 heterocycles. The highest BCUT2D eigenvalue weighted by Gasteiger charge is 2.22. The number of carbonyl (C=O) groups is 3. The van der Waals surface area contributed by atoms with Crippen molar-refractivity contribution >= 4 is 17.9 Å². The minimum atomic E-state index is -1.62. The third kappa shape index (κ3) is 72.2. The second-order valence-electron chi connectivity index (χ2n) is 27.3. The summed E-state index contributed by atoms with van der Waals surface area (Å²) in [7, 11) is 5.94. The van der Waals surface area contributed by atoms with Gasteiger partial charge in [0.15, 0.2) is 12.4 Å². The van der Waals surface area contributed by atoms with Gasteiger partial charge in [-0.25, -0.2) is 0 Å². The molecule has 0 radical (unpaired) electrons. The lowest BCUT2D eigenvalue weighted by Gasteiger charge is -2.26. The Morgan fingerprint density at radius 3 is 0.944 bits per heavy atom. The second-order valence-corrected chi connectivity index (χ2v) is 27.3. The molecule has 0 N–H and O–H groups in total. The van der Waals surface area contributed by atoms with Crippen LogP contribution in [0.5, 0.6) is 0 Å². The normalized spacial score (nSPS) is 13.0. The van der Waals surface area contributed by atoms with Gasteiger partial charge in [0.05, 0.1) is 40.3 Å². The fraction of sp³-hybridized carbons (Fsp3) is 0.815. The standard InChI is InChI=1S/C81H147NO8/c1-6-8-10-12-14-16-18-20-22-24-26-28-30-32-34-36-38-39-40-42-43-45-47-49-51-53-55-57-59-61-63-65-67-69-71-78(83)88-75-77(76-89-81(80(85)86)87-74-73-82(3,4)5)90-79(84)72-70-68-66-64-62-60-58-56-54-52-50-48-46-44-41-37-35-33-31-29-27-25-23-21-19-17-15-13-11-9-7-2/h9,11,15,17,21,23,27,29,33,35,41,44,77,81H,6-8,10,12-14,16,18-20,22,24-26,28,30-32,34,36-40,42-43,45-76H2,1-5H3/b11-9-,17-15-,23-21-,29-27-,35-33-,44-41-. The SMILES string of the molecule is CC/C=C\C/C=C\C/C=C\C/C=C\C/C=C\C/C=C\CCCCCCCCCCCCCCC(=O)OC(COC(=O)CCCCCCCCCCCCCCCCCCCCCCCCCCCCCCCCCCCC)COC(OCC[N+](C)(C)C)C(=O)[O-]. The van der Waals surface area contributed by atoms with Gasteiger partial charge >= 0.3 is 11.9 Å². The topological polar surface area (TPSA) is 111 Å². The summed E-state index contributed by atoms with van der Waals surface area (Å²) in [5.41, 5.74) is 0. The summed E-state index contributed by atoms with van der Waals surface area (Å²) in [4.78, 5) is 37.6. The fourth-order valence-corrected chi connectivity index (χ4v) is 11.4. The summed E-state index contributed by atoms with van der Waals surface area (Å²) in [6.07, 6.45) is 93.0. The highest BCUT2D eigenvalue weighted by atomic mass is 16.7. The number of likely N-dealkylation sites (N-methyl/N-ethyl adjacent to an activating group) is 1. The predicted octanol–water partition coefficient (Wildman–Crippen LogP) is 23.1. The van der Waals surface area contributed by atoms with Gasteiger partial charge in [0.25, 0.3) is 0 Å². The Kier molecular flexibility index (Phi) is 69.0. The molecule has 90 heavy (non-hydrogen) atoms. The van der Waals surface area contributed by atoms with Crippen LogP contribution in [-0.2, 0) is 33.3 Å². The first-order valence-electron chi connectivity index (χ1n) is 38.6. The van der Waals surface area contributed by atoms with Crippen molar-refractivity contribution in [3.8, 4) is 0 Å².